The number of hydrogen-bond acceptors (Lipinski definition) is 2. The van der Waals surface area contributed by atoms with E-state index in [0.717, 1.165) is 16.9 Å². The quantitative estimate of drug-likeness (QED) is 0.774. The molecule has 0 saturated carbocycles. The third kappa shape index (κ3) is 1.81. The Morgan fingerprint density at radius 1 is 0.850 bits per heavy atom. The minimum atomic E-state index is 0.573. The van der Waals surface area contributed by atoms with E-state index in [1.807, 2.05) is 24.3 Å². The number of allylic oxidation sites excluding steroid dienone is 1. The number of rotatable bonds is 1. The predicted molar refractivity (Wildman–Crippen MR) is 77.1 cm³/mol. The second-order valence-corrected chi connectivity index (χ2v) is 4.92. The second kappa shape index (κ2) is 4.57. The Bertz CT molecular complexity index is 726. The summed E-state index contributed by atoms with van der Waals surface area (Å²) in [4.78, 5) is 0. The van der Waals surface area contributed by atoms with Gasteiger partial charge in [0.25, 0.3) is 0 Å². The molecule has 2 heterocycles. The first-order valence-corrected chi connectivity index (χ1v) is 6.67. The van der Waals surface area contributed by atoms with Crippen LogP contribution in [0.1, 0.15) is 22.3 Å². The van der Waals surface area contributed by atoms with E-state index in [-0.39, 0.29) is 0 Å². The van der Waals surface area contributed by atoms with Crippen molar-refractivity contribution >= 4 is 11.6 Å². The van der Waals surface area contributed by atoms with Gasteiger partial charge in [-0.3, -0.25) is 0 Å². The normalized spacial score (nSPS) is 16.0. The monoisotopic (exact) mass is 261 g/mol. The topological polar surface area (TPSA) is 18.5 Å². The Kier molecular flexibility index (Phi) is 2.59. The van der Waals surface area contributed by atoms with E-state index < -0.39 is 0 Å². The minimum absolute atomic E-state index is 0.573. The standard InChI is InChI=1S/C18H13O2/c1-2-6-14-11-20-18(9-13(14)5-1)17-12-19-10-15-7-3-4-8-16(15)17/h1-9H,10-11H2. The van der Waals surface area contributed by atoms with Crippen molar-refractivity contribution in [2.24, 2.45) is 0 Å². The highest BCUT2D eigenvalue weighted by atomic mass is 16.5. The Morgan fingerprint density at radius 3 is 2.60 bits per heavy atom. The maximum Gasteiger partial charge on any atom is 0.174 e. The van der Waals surface area contributed by atoms with Gasteiger partial charge in [-0.25, -0.2) is 0 Å². The van der Waals surface area contributed by atoms with Crippen LogP contribution in [0, 0.1) is 6.26 Å². The second-order valence-electron chi connectivity index (χ2n) is 4.92. The Labute approximate surface area is 118 Å². The molecule has 0 amide bonds. The van der Waals surface area contributed by atoms with Gasteiger partial charge in [0, 0.05) is 0 Å². The zero-order chi connectivity index (χ0) is 13.4. The minimum Gasteiger partial charge on any atom is -0.488 e. The Morgan fingerprint density at radius 2 is 1.65 bits per heavy atom. The molecule has 2 aliphatic heterocycles. The molecular weight excluding hydrogens is 248 g/mol. The molecule has 97 valence electrons. The van der Waals surface area contributed by atoms with Gasteiger partial charge in [-0.2, -0.15) is 0 Å². The zero-order valence-electron chi connectivity index (χ0n) is 10.9. The largest absolute Gasteiger partial charge is 0.488 e. The molecule has 2 aromatic rings. The molecule has 0 atom stereocenters. The summed E-state index contributed by atoms with van der Waals surface area (Å²) >= 11 is 0. The fourth-order valence-corrected chi connectivity index (χ4v) is 2.60. The summed E-state index contributed by atoms with van der Waals surface area (Å²) in [5.41, 5.74) is 5.63. The molecular formula is C18H13O2. The molecule has 0 unspecified atom stereocenters. The fourth-order valence-electron chi connectivity index (χ4n) is 2.60. The highest BCUT2D eigenvalue weighted by Crippen LogP contribution is 2.34. The van der Waals surface area contributed by atoms with E-state index in [1.165, 1.54) is 16.7 Å². The van der Waals surface area contributed by atoms with Gasteiger partial charge in [-0.15, -0.1) is 0 Å². The average Bonchev–Trinajstić information content (AvgIpc) is 2.54. The van der Waals surface area contributed by atoms with E-state index in [9.17, 15) is 0 Å². The van der Waals surface area contributed by atoms with Crippen LogP contribution in [-0.2, 0) is 22.7 Å². The summed E-state index contributed by atoms with van der Waals surface area (Å²) in [7, 11) is 0. The van der Waals surface area contributed by atoms with E-state index >= 15 is 0 Å². The van der Waals surface area contributed by atoms with Gasteiger partial charge in [0.2, 0.25) is 0 Å². The van der Waals surface area contributed by atoms with Crippen molar-refractivity contribution in [1.82, 2.24) is 0 Å². The lowest BCUT2D eigenvalue weighted by Gasteiger charge is -2.23. The lowest BCUT2D eigenvalue weighted by Crippen LogP contribution is -2.09. The van der Waals surface area contributed by atoms with Crippen LogP contribution >= 0.6 is 0 Å². The maximum absolute atomic E-state index is 5.88. The summed E-state index contributed by atoms with van der Waals surface area (Å²) < 4.78 is 11.3. The Balaban J connectivity index is 1.80. The summed E-state index contributed by atoms with van der Waals surface area (Å²) in [6, 6.07) is 16.5. The van der Waals surface area contributed by atoms with Crippen molar-refractivity contribution in [1.29, 1.82) is 0 Å². The SMILES string of the molecule is [C]1=C(C2=Cc3ccccc3CO2)c2ccccc2CO1. The smallest absolute Gasteiger partial charge is 0.174 e. The number of benzene rings is 2. The first-order valence-electron chi connectivity index (χ1n) is 6.67. The van der Waals surface area contributed by atoms with E-state index in [4.69, 9.17) is 9.47 Å². The number of ether oxygens (including phenoxy) is 2. The molecule has 0 aromatic heterocycles. The van der Waals surface area contributed by atoms with E-state index in [2.05, 4.69) is 36.6 Å². The van der Waals surface area contributed by atoms with Crippen LogP contribution < -0.4 is 0 Å². The van der Waals surface area contributed by atoms with Gasteiger partial charge in [-0.1, -0.05) is 48.5 Å². The molecule has 0 saturated heterocycles. The summed E-state index contributed by atoms with van der Waals surface area (Å²) in [6.07, 6.45) is 5.06. The molecule has 0 spiro atoms. The van der Waals surface area contributed by atoms with Crippen LogP contribution in [0.4, 0.5) is 0 Å². The first-order chi connectivity index (χ1) is 9.92. The molecule has 0 aliphatic carbocycles. The lowest BCUT2D eigenvalue weighted by molar-refractivity contribution is 0.194. The van der Waals surface area contributed by atoms with Gasteiger partial charge in [0.15, 0.2) is 6.26 Å². The average molecular weight is 261 g/mol. The molecule has 2 aromatic carbocycles. The fraction of sp³-hybridized carbons (Fsp3) is 0.111. The summed E-state index contributed by atoms with van der Waals surface area (Å²) in [6.45, 7) is 1.17. The Hall–Kier alpha value is -2.48. The highest BCUT2D eigenvalue weighted by Gasteiger charge is 2.21. The van der Waals surface area contributed by atoms with Crippen LogP contribution in [0.5, 0.6) is 0 Å². The molecule has 20 heavy (non-hydrogen) atoms. The first kappa shape index (κ1) is 11.4. The molecule has 0 bridgehead atoms. The number of fused-ring (bicyclic) bond motifs is 2. The van der Waals surface area contributed by atoms with Crippen LogP contribution in [0.3, 0.4) is 0 Å². The van der Waals surface area contributed by atoms with Crippen molar-refractivity contribution in [3.05, 3.63) is 82.8 Å². The zero-order valence-corrected chi connectivity index (χ0v) is 10.9. The molecule has 1 radical (unpaired) electrons. The highest BCUT2D eigenvalue weighted by molar-refractivity contribution is 5.83. The molecule has 4 rings (SSSR count). The predicted octanol–water partition coefficient (Wildman–Crippen LogP) is 3.93. The maximum atomic E-state index is 5.88. The van der Waals surface area contributed by atoms with Gasteiger partial charge >= 0.3 is 0 Å². The number of hydrogen-bond donors (Lipinski definition) is 0. The van der Waals surface area contributed by atoms with Gasteiger partial charge < -0.3 is 9.47 Å². The van der Waals surface area contributed by atoms with E-state index in [1.54, 1.807) is 0 Å². The molecule has 2 nitrogen and oxygen atoms in total. The van der Waals surface area contributed by atoms with Crippen LogP contribution in [0.25, 0.3) is 11.6 Å². The van der Waals surface area contributed by atoms with E-state index in [0.29, 0.717) is 13.2 Å². The molecule has 0 fully saturated rings. The van der Waals surface area contributed by atoms with Gasteiger partial charge in [0.05, 0.1) is 5.57 Å². The van der Waals surface area contributed by atoms with Crippen molar-refractivity contribution < 1.29 is 9.47 Å². The van der Waals surface area contributed by atoms with Crippen LogP contribution in [0.2, 0.25) is 0 Å². The third-order valence-electron chi connectivity index (χ3n) is 3.66. The third-order valence-corrected chi connectivity index (χ3v) is 3.66. The van der Waals surface area contributed by atoms with Crippen molar-refractivity contribution in [2.75, 3.05) is 0 Å². The molecule has 2 aliphatic rings. The van der Waals surface area contributed by atoms with Crippen LogP contribution in [-0.4, -0.2) is 0 Å². The van der Waals surface area contributed by atoms with Gasteiger partial charge in [0.1, 0.15) is 19.0 Å². The summed E-state index contributed by atoms with van der Waals surface area (Å²) in [5, 5.41) is 0. The lowest BCUT2D eigenvalue weighted by atomic mass is 9.95. The van der Waals surface area contributed by atoms with Crippen molar-refractivity contribution in [3.63, 3.8) is 0 Å². The summed E-state index contributed by atoms with van der Waals surface area (Å²) in [5.74, 6) is 0.829. The van der Waals surface area contributed by atoms with Crippen LogP contribution in [0.15, 0.2) is 54.3 Å². The van der Waals surface area contributed by atoms with Gasteiger partial charge in [-0.05, 0) is 28.3 Å². The molecule has 0 N–H and O–H groups in total. The molecule has 2 heteroatoms. The van der Waals surface area contributed by atoms with Crippen molar-refractivity contribution in [2.45, 2.75) is 13.2 Å². The van der Waals surface area contributed by atoms with Crippen molar-refractivity contribution in [3.8, 4) is 0 Å².